The van der Waals surface area contributed by atoms with E-state index in [-0.39, 0.29) is 12.2 Å². The summed E-state index contributed by atoms with van der Waals surface area (Å²) >= 11 is 0. The zero-order valence-electron chi connectivity index (χ0n) is 9.62. The molecule has 0 aromatic rings. The first-order chi connectivity index (χ1) is 7.51. The Bertz CT molecular complexity index is 351. The molecule has 0 heterocycles. The van der Waals surface area contributed by atoms with Crippen LogP contribution in [0.15, 0.2) is 35.2 Å². The monoisotopic (exact) mass is 226 g/mol. The molecule has 3 nitrogen and oxygen atoms in total. The van der Waals surface area contributed by atoms with Crippen molar-refractivity contribution in [2.45, 2.75) is 20.8 Å². The third kappa shape index (κ3) is 5.90. The van der Waals surface area contributed by atoms with Crippen LogP contribution >= 0.6 is 0 Å². The maximum atomic E-state index is 13.3. The van der Waals surface area contributed by atoms with Crippen LogP contribution in [0.4, 0.5) is 4.39 Å². The lowest BCUT2D eigenvalue weighted by Gasteiger charge is -1.98. The topological polar surface area (TPSA) is 43.4 Å². The predicted octanol–water partition coefficient (Wildman–Crippen LogP) is 2.49. The van der Waals surface area contributed by atoms with Crippen LogP contribution in [0.5, 0.6) is 0 Å². The van der Waals surface area contributed by atoms with E-state index in [1.54, 1.807) is 13.8 Å². The summed E-state index contributed by atoms with van der Waals surface area (Å²) in [6.07, 6.45) is 4.16. The van der Waals surface area contributed by atoms with Crippen LogP contribution in [-0.2, 0) is 14.3 Å². The Labute approximate surface area is 94.3 Å². The highest BCUT2D eigenvalue weighted by Crippen LogP contribution is 2.11. The smallest absolute Gasteiger partial charge is 0.331 e. The number of aldehydes is 1. The van der Waals surface area contributed by atoms with Gasteiger partial charge in [-0.25, -0.2) is 9.18 Å². The molecule has 0 saturated carbocycles. The van der Waals surface area contributed by atoms with Gasteiger partial charge in [0.2, 0.25) is 0 Å². The number of carbonyl (C=O) groups excluding carboxylic acids is 2. The molecule has 0 spiro atoms. The summed E-state index contributed by atoms with van der Waals surface area (Å²) in [5.74, 6) is -1.16. The first-order valence-corrected chi connectivity index (χ1v) is 4.86. The van der Waals surface area contributed by atoms with E-state index in [1.165, 1.54) is 13.0 Å². The lowest BCUT2D eigenvalue weighted by atomic mass is 10.2. The minimum atomic E-state index is -0.584. The van der Waals surface area contributed by atoms with Gasteiger partial charge in [0.1, 0.15) is 12.1 Å². The SMILES string of the molecule is CCOC(=O)C=C(C)C(F)=CC=C(C)C=O. The van der Waals surface area contributed by atoms with Gasteiger partial charge in [0, 0.05) is 6.08 Å². The van der Waals surface area contributed by atoms with Crippen LogP contribution in [0.2, 0.25) is 0 Å². The average Bonchev–Trinajstić information content (AvgIpc) is 2.25. The number of rotatable bonds is 5. The van der Waals surface area contributed by atoms with E-state index in [2.05, 4.69) is 4.74 Å². The molecule has 0 bridgehead atoms. The standard InChI is InChI=1S/C12H15FO3/c1-4-16-12(15)7-10(3)11(13)6-5-9(2)8-14/h5-8H,4H2,1-3H3. The normalized spacial score (nSPS) is 13.6. The molecule has 0 aromatic heterocycles. The van der Waals surface area contributed by atoms with Gasteiger partial charge in [0.05, 0.1) is 6.61 Å². The second kappa shape index (κ2) is 7.56. The summed E-state index contributed by atoms with van der Waals surface area (Å²) in [7, 11) is 0. The van der Waals surface area contributed by atoms with Crippen LogP contribution in [0.1, 0.15) is 20.8 Å². The van der Waals surface area contributed by atoms with Gasteiger partial charge in [-0.3, -0.25) is 4.79 Å². The van der Waals surface area contributed by atoms with Gasteiger partial charge in [-0.1, -0.05) is 6.08 Å². The Hall–Kier alpha value is -1.71. The molecule has 0 radical (unpaired) electrons. The molecule has 0 N–H and O–H groups in total. The van der Waals surface area contributed by atoms with Crippen LogP contribution in [-0.4, -0.2) is 18.9 Å². The highest BCUT2D eigenvalue weighted by molar-refractivity contribution is 5.83. The fraction of sp³-hybridized carbons (Fsp3) is 0.333. The molecular formula is C12H15FO3. The van der Waals surface area contributed by atoms with Crippen LogP contribution in [0.3, 0.4) is 0 Å². The summed E-state index contributed by atoms with van der Waals surface area (Å²) in [6.45, 7) is 4.93. The predicted molar refractivity (Wildman–Crippen MR) is 59.4 cm³/mol. The maximum absolute atomic E-state index is 13.3. The number of ether oxygens (including phenoxy) is 1. The van der Waals surface area contributed by atoms with E-state index in [1.807, 2.05) is 0 Å². The van der Waals surface area contributed by atoms with Gasteiger partial charge in [-0.05, 0) is 38.0 Å². The van der Waals surface area contributed by atoms with Gasteiger partial charge >= 0.3 is 5.97 Å². The highest BCUT2D eigenvalue weighted by Gasteiger charge is 2.01. The van der Waals surface area contributed by atoms with Gasteiger partial charge in [0.15, 0.2) is 0 Å². The van der Waals surface area contributed by atoms with E-state index in [0.717, 1.165) is 12.2 Å². The Morgan fingerprint density at radius 2 is 1.94 bits per heavy atom. The number of carbonyl (C=O) groups is 2. The number of hydrogen-bond acceptors (Lipinski definition) is 3. The van der Waals surface area contributed by atoms with E-state index in [0.29, 0.717) is 11.9 Å². The fourth-order valence-electron chi connectivity index (χ4n) is 0.805. The van der Waals surface area contributed by atoms with Crippen molar-refractivity contribution in [3.05, 3.63) is 35.2 Å². The van der Waals surface area contributed by atoms with Gasteiger partial charge in [0.25, 0.3) is 0 Å². The van der Waals surface area contributed by atoms with Crippen molar-refractivity contribution in [3.63, 3.8) is 0 Å². The van der Waals surface area contributed by atoms with Crippen molar-refractivity contribution in [3.8, 4) is 0 Å². The molecule has 0 amide bonds. The molecule has 88 valence electrons. The largest absolute Gasteiger partial charge is 0.463 e. The van der Waals surface area contributed by atoms with Crippen molar-refractivity contribution < 1.29 is 18.7 Å². The molecule has 0 rings (SSSR count). The Morgan fingerprint density at radius 1 is 1.31 bits per heavy atom. The number of halogens is 1. The second-order valence-corrected chi connectivity index (χ2v) is 3.12. The molecule has 0 aliphatic heterocycles. The lowest BCUT2D eigenvalue weighted by molar-refractivity contribution is -0.137. The van der Waals surface area contributed by atoms with Crippen LogP contribution in [0.25, 0.3) is 0 Å². The van der Waals surface area contributed by atoms with E-state index >= 15 is 0 Å². The molecule has 0 atom stereocenters. The van der Waals surface area contributed by atoms with Crippen molar-refractivity contribution >= 4 is 12.3 Å². The summed E-state index contributed by atoms with van der Waals surface area (Å²) in [5, 5.41) is 0. The molecular weight excluding hydrogens is 211 g/mol. The zero-order chi connectivity index (χ0) is 12.6. The molecule has 0 fully saturated rings. The van der Waals surface area contributed by atoms with Crippen LogP contribution in [0, 0.1) is 0 Å². The first-order valence-electron chi connectivity index (χ1n) is 4.86. The number of hydrogen-bond donors (Lipinski definition) is 0. The Balaban J connectivity index is 4.66. The molecule has 4 heteroatoms. The number of allylic oxidation sites excluding steroid dienone is 5. The summed E-state index contributed by atoms with van der Waals surface area (Å²) < 4.78 is 17.9. The Kier molecular flexibility index (Phi) is 6.76. The molecule has 0 saturated heterocycles. The van der Waals surface area contributed by atoms with Crippen molar-refractivity contribution in [2.24, 2.45) is 0 Å². The van der Waals surface area contributed by atoms with Crippen molar-refractivity contribution in [1.29, 1.82) is 0 Å². The summed E-state index contributed by atoms with van der Waals surface area (Å²) in [5.41, 5.74) is 0.562. The molecule has 0 aliphatic rings. The maximum Gasteiger partial charge on any atom is 0.331 e. The molecule has 16 heavy (non-hydrogen) atoms. The van der Waals surface area contributed by atoms with E-state index in [4.69, 9.17) is 0 Å². The molecule has 0 unspecified atom stereocenters. The minimum Gasteiger partial charge on any atom is -0.463 e. The van der Waals surface area contributed by atoms with Crippen LogP contribution < -0.4 is 0 Å². The lowest BCUT2D eigenvalue weighted by Crippen LogP contribution is -2.00. The van der Waals surface area contributed by atoms with Crippen molar-refractivity contribution in [1.82, 2.24) is 0 Å². The summed E-state index contributed by atoms with van der Waals surface area (Å²) in [4.78, 5) is 21.2. The Morgan fingerprint density at radius 3 is 2.44 bits per heavy atom. The second-order valence-electron chi connectivity index (χ2n) is 3.12. The van der Waals surface area contributed by atoms with Gasteiger partial charge in [-0.2, -0.15) is 0 Å². The van der Waals surface area contributed by atoms with E-state index < -0.39 is 11.8 Å². The molecule has 0 aromatic carbocycles. The number of esters is 1. The third-order valence-electron chi connectivity index (χ3n) is 1.68. The highest BCUT2D eigenvalue weighted by atomic mass is 19.1. The van der Waals surface area contributed by atoms with E-state index in [9.17, 15) is 14.0 Å². The first kappa shape index (κ1) is 14.3. The minimum absolute atomic E-state index is 0.161. The average molecular weight is 226 g/mol. The molecule has 0 aliphatic carbocycles. The van der Waals surface area contributed by atoms with Gasteiger partial charge < -0.3 is 4.74 Å². The van der Waals surface area contributed by atoms with Gasteiger partial charge in [-0.15, -0.1) is 0 Å². The zero-order valence-corrected chi connectivity index (χ0v) is 9.62. The third-order valence-corrected chi connectivity index (χ3v) is 1.68. The van der Waals surface area contributed by atoms with Crippen molar-refractivity contribution in [2.75, 3.05) is 6.61 Å². The summed E-state index contributed by atoms with van der Waals surface area (Å²) in [6, 6.07) is 0. The quantitative estimate of drug-likeness (QED) is 0.313. The fourth-order valence-corrected chi connectivity index (χ4v) is 0.805.